The van der Waals surface area contributed by atoms with Gasteiger partial charge in [-0.3, -0.25) is 4.79 Å². The monoisotopic (exact) mass is 409 g/mol. The van der Waals surface area contributed by atoms with Crippen molar-refractivity contribution in [2.45, 2.75) is 19.5 Å². The molecule has 2 aromatic carbocycles. The van der Waals surface area contributed by atoms with Gasteiger partial charge in [0, 0.05) is 23.2 Å². The van der Waals surface area contributed by atoms with Crippen LogP contribution in [-0.2, 0) is 13.1 Å². The summed E-state index contributed by atoms with van der Waals surface area (Å²) in [5, 5.41) is 22.3. The number of hydrogen-bond donors (Lipinski definition) is 1. The number of amides is 1. The van der Waals surface area contributed by atoms with Gasteiger partial charge >= 0.3 is 6.43 Å². The largest absolute Gasteiger partial charge is 0.415 e. The Balaban J connectivity index is 1.31. The van der Waals surface area contributed by atoms with E-state index in [9.17, 15) is 13.6 Å². The van der Waals surface area contributed by atoms with Gasteiger partial charge in [-0.2, -0.15) is 13.6 Å². The third-order valence-electron chi connectivity index (χ3n) is 4.65. The van der Waals surface area contributed by atoms with Crippen molar-refractivity contribution in [2.24, 2.45) is 0 Å². The molecule has 30 heavy (non-hydrogen) atoms. The number of benzene rings is 2. The van der Waals surface area contributed by atoms with Crippen LogP contribution in [0.5, 0.6) is 0 Å². The van der Waals surface area contributed by atoms with Crippen LogP contribution in [0.25, 0.3) is 22.8 Å². The van der Waals surface area contributed by atoms with Crippen LogP contribution in [-0.4, -0.2) is 36.3 Å². The van der Waals surface area contributed by atoms with E-state index in [4.69, 9.17) is 4.42 Å². The zero-order valence-electron chi connectivity index (χ0n) is 15.3. The van der Waals surface area contributed by atoms with Gasteiger partial charge in [0.25, 0.3) is 11.8 Å². The zero-order chi connectivity index (χ0) is 20.7. The first kappa shape index (κ1) is 18.0. The van der Waals surface area contributed by atoms with Crippen molar-refractivity contribution >= 4 is 5.91 Å². The highest BCUT2D eigenvalue weighted by molar-refractivity contribution is 5.98. The van der Waals surface area contributed by atoms with Crippen molar-refractivity contribution < 1.29 is 18.0 Å². The van der Waals surface area contributed by atoms with E-state index in [0.29, 0.717) is 30.0 Å². The van der Waals surface area contributed by atoms with Crippen LogP contribution in [0.15, 0.2) is 46.9 Å². The van der Waals surface area contributed by atoms with Crippen LogP contribution in [0.4, 0.5) is 8.78 Å². The molecular weight excluding hydrogens is 396 g/mol. The van der Waals surface area contributed by atoms with Crippen LogP contribution in [0.1, 0.15) is 33.8 Å². The lowest BCUT2D eigenvalue weighted by Crippen LogP contribution is -2.12. The molecule has 0 atom stereocenters. The minimum absolute atomic E-state index is 0.0302. The Labute approximate surface area is 167 Å². The van der Waals surface area contributed by atoms with Gasteiger partial charge in [0.05, 0.1) is 6.54 Å². The minimum Gasteiger partial charge on any atom is -0.415 e. The van der Waals surface area contributed by atoms with Crippen molar-refractivity contribution in [3.8, 4) is 22.8 Å². The summed E-state index contributed by atoms with van der Waals surface area (Å²) >= 11 is 0. The van der Waals surface area contributed by atoms with Crippen molar-refractivity contribution in [1.82, 2.24) is 35.7 Å². The first-order chi connectivity index (χ1) is 14.6. The van der Waals surface area contributed by atoms with Crippen molar-refractivity contribution in [1.29, 1.82) is 0 Å². The second-order valence-electron chi connectivity index (χ2n) is 6.64. The van der Waals surface area contributed by atoms with E-state index in [1.807, 2.05) is 6.07 Å². The SMILES string of the molecule is O=C1NCc2cc(-c3nnn(Cc4ccc(-c5nnc(C(F)F)o5)cc4)n3)ccc21. The molecule has 2 aromatic heterocycles. The quantitative estimate of drug-likeness (QED) is 0.539. The lowest BCUT2D eigenvalue weighted by Gasteiger charge is -2.01. The molecule has 3 heterocycles. The molecule has 1 N–H and O–H groups in total. The first-order valence-electron chi connectivity index (χ1n) is 8.97. The maximum Gasteiger partial charge on any atom is 0.314 e. The molecule has 150 valence electrons. The average molecular weight is 409 g/mol. The second kappa shape index (κ2) is 7.10. The number of hydrogen-bond acceptors (Lipinski definition) is 7. The van der Waals surface area contributed by atoms with Gasteiger partial charge in [-0.25, -0.2) is 0 Å². The van der Waals surface area contributed by atoms with E-state index in [0.717, 1.165) is 16.7 Å². The van der Waals surface area contributed by atoms with Crippen LogP contribution >= 0.6 is 0 Å². The van der Waals surface area contributed by atoms with E-state index < -0.39 is 12.3 Å². The summed E-state index contributed by atoms with van der Waals surface area (Å²) in [5.74, 6) is -0.301. The summed E-state index contributed by atoms with van der Waals surface area (Å²) in [6.45, 7) is 0.853. The summed E-state index contributed by atoms with van der Waals surface area (Å²) in [5.41, 5.74) is 3.75. The molecule has 5 rings (SSSR count). The molecule has 0 aliphatic carbocycles. The Kier molecular flexibility index (Phi) is 4.27. The molecule has 1 aliphatic heterocycles. The van der Waals surface area contributed by atoms with Gasteiger partial charge in [-0.05, 0) is 40.6 Å². The lowest BCUT2D eigenvalue weighted by molar-refractivity contribution is 0.0965. The Morgan fingerprint density at radius 3 is 2.63 bits per heavy atom. The molecule has 0 bridgehead atoms. The standard InChI is InChI=1S/C19H13F2N7O2/c20-15(21)19-25-24-18(30-19)11-3-1-10(2-4-11)9-28-26-16(23-27-28)12-5-6-14-13(7-12)8-22-17(14)29/h1-7,15H,8-9H2,(H,22,29). The predicted octanol–water partition coefficient (Wildman–Crippen LogP) is 2.62. The number of rotatable bonds is 5. The van der Waals surface area contributed by atoms with E-state index in [-0.39, 0.29) is 11.8 Å². The fourth-order valence-corrected chi connectivity index (χ4v) is 3.15. The molecule has 0 unspecified atom stereocenters. The molecule has 0 fully saturated rings. The number of alkyl halides is 2. The summed E-state index contributed by atoms with van der Waals surface area (Å²) in [6, 6.07) is 12.4. The van der Waals surface area contributed by atoms with E-state index >= 15 is 0 Å². The maximum atomic E-state index is 12.6. The minimum atomic E-state index is -2.81. The Morgan fingerprint density at radius 2 is 1.87 bits per heavy atom. The highest BCUT2D eigenvalue weighted by atomic mass is 19.3. The Bertz CT molecular complexity index is 1230. The predicted molar refractivity (Wildman–Crippen MR) is 98.2 cm³/mol. The normalized spacial score (nSPS) is 13.0. The average Bonchev–Trinajstić information content (AvgIpc) is 3.49. The van der Waals surface area contributed by atoms with Gasteiger partial charge in [-0.15, -0.1) is 20.4 Å². The van der Waals surface area contributed by atoms with Gasteiger partial charge in [-0.1, -0.05) is 18.2 Å². The number of aromatic nitrogens is 6. The van der Waals surface area contributed by atoms with Crippen LogP contribution in [0.3, 0.4) is 0 Å². The van der Waals surface area contributed by atoms with E-state index in [1.165, 1.54) is 4.80 Å². The molecule has 1 amide bonds. The topological polar surface area (TPSA) is 112 Å². The fraction of sp³-hybridized carbons (Fsp3) is 0.158. The number of carbonyl (C=O) groups excluding carboxylic acids is 1. The smallest absolute Gasteiger partial charge is 0.314 e. The van der Waals surface area contributed by atoms with Crippen LogP contribution in [0.2, 0.25) is 0 Å². The van der Waals surface area contributed by atoms with Crippen LogP contribution < -0.4 is 5.32 Å². The number of carbonyl (C=O) groups is 1. The third kappa shape index (κ3) is 3.30. The van der Waals surface area contributed by atoms with Gasteiger partial charge in [0.15, 0.2) is 0 Å². The number of tetrazole rings is 1. The molecular formula is C19H13F2N7O2. The Morgan fingerprint density at radius 1 is 1.07 bits per heavy atom. The summed E-state index contributed by atoms with van der Waals surface area (Å²) in [7, 11) is 0. The van der Waals surface area contributed by atoms with Crippen molar-refractivity contribution in [3.05, 3.63) is 65.0 Å². The van der Waals surface area contributed by atoms with E-state index in [1.54, 1.807) is 36.4 Å². The molecule has 4 aromatic rings. The molecule has 0 spiro atoms. The van der Waals surface area contributed by atoms with Crippen molar-refractivity contribution in [2.75, 3.05) is 0 Å². The summed E-state index contributed by atoms with van der Waals surface area (Å²) in [6.07, 6.45) is -2.81. The first-order valence-corrected chi connectivity index (χ1v) is 8.97. The third-order valence-corrected chi connectivity index (χ3v) is 4.65. The number of nitrogens with zero attached hydrogens (tertiary/aromatic N) is 6. The fourth-order valence-electron chi connectivity index (χ4n) is 3.15. The van der Waals surface area contributed by atoms with Gasteiger partial charge < -0.3 is 9.73 Å². The van der Waals surface area contributed by atoms with Crippen molar-refractivity contribution in [3.63, 3.8) is 0 Å². The molecule has 0 saturated carbocycles. The molecule has 11 heteroatoms. The highest BCUT2D eigenvalue weighted by Gasteiger charge is 2.20. The van der Waals surface area contributed by atoms with E-state index in [2.05, 4.69) is 30.9 Å². The number of fused-ring (bicyclic) bond motifs is 1. The lowest BCUT2D eigenvalue weighted by atomic mass is 10.1. The number of halogens is 2. The Hall–Kier alpha value is -4.02. The summed E-state index contributed by atoms with van der Waals surface area (Å²) in [4.78, 5) is 13.1. The maximum absolute atomic E-state index is 12.6. The van der Waals surface area contributed by atoms with Crippen LogP contribution in [0, 0.1) is 0 Å². The molecule has 0 saturated heterocycles. The van der Waals surface area contributed by atoms with Gasteiger partial charge in [0.2, 0.25) is 11.7 Å². The number of nitrogens with one attached hydrogen (secondary N) is 1. The molecule has 1 aliphatic rings. The zero-order valence-corrected chi connectivity index (χ0v) is 15.3. The summed E-state index contributed by atoms with van der Waals surface area (Å²) < 4.78 is 30.1. The second-order valence-corrected chi connectivity index (χ2v) is 6.64. The highest BCUT2D eigenvalue weighted by Crippen LogP contribution is 2.24. The molecule has 0 radical (unpaired) electrons. The molecule has 9 nitrogen and oxygen atoms in total. The van der Waals surface area contributed by atoms with Gasteiger partial charge in [0.1, 0.15) is 0 Å².